The predicted molar refractivity (Wildman–Crippen MR) is 101 cm³/mol. The van der Waals surface area contributed by atoms with E-state index >= 15 is 0 Å². The third-order valence-electron chi connectivity index (χ3n) is 7.11. The van der Waals surface area contributed by atoms with E-state index in [-0.39, 0.29) is 23.9 Å². The van der Waals surface area contributed by atoms with E-state index in [2.05, 4.69) is 24.3 Å². The van der Waals surface area contributed by atoms with E-state index in [0.29, 0.717) is 23.8 Å². The van der Waals surface area contributed by atoms with E-state index in [1.807, 2.05) is 0 Å². The first kappa shape index (κ1) is 20.0. The Hall–Kier alpha value is -0.320. The van der Waals surface area contributed by atoms with Crippen molar-refractivity contribution in [2.45, 2.75) is 75.8 Å². The molecule has 0 radical (unpaired) electrons. The molecule has 1 amide bonds. The van der Waals surface area contributed by atoms with Crippen molar-refractivity contribution in [2.24, 2.45) is 23.5 Å². The van der Waals surface area contributed by atoms with Gasteiger partial charge in [0.25, 0.3) is 0 Å². The number of likely N-dealkylation sites (N-methyl/N-ethyl adjacent to an activating group) is 1. The van der Waals surface area contributed by atoms with Gasteiger partial charge in [0.05, 0.1) is 0 Å². The summed E-state index contributed by atoms with van der Waals surface area (Å²) in [4.78, 5) is 15.1. The van der Waals surface area contributed by atoms with Gasteiger partial charge >= 0.3 is 0 Å². The number of fused-ring (bicyclic) bond motifs is 2. The Morgan fingerprint density at radius 3 is 2.21 bits per heavy atom. The first-order valence-corrected chi connectivity index (χ1v) is 9.72. The van der Waals surface area contributed by atoms with Gasteiger partial charge in [-0.1, -0.05) is 25.7 Å². The topological polar surface area (TPSA) is 58.4 Å². The van der Waals surface area contributed by atoms with Gasteiger partial charge in [-0.25, -0.2) is 0 Å². The second-order valence-corrected chi connectivity index (χ2v) is 8.59. The molecule has 0 saturated heterocycles. The smallest absolute Gasteiger partial charge is 0.223 e. The van der Waals surface area contributed by atoms with Gasteiger partial charge in [0.15, 0.2) is 0 Å². The Bertz CT molecular complexity index is 409. The van der Waals surface area contributed by atoms with E-state index in [1.165, 1.54) is 51.4 Å². The average molecular weight is 358 g/mol. The van der Waals surface area contributed by atoms with Crippen LogP contribution in [0.2, 0.25) is 0 Å². The van der Waals surface area contributed by atoms with Crippen LogP contribution in [0, 0.1) is 17.8 Å². The van der Waals surface area contributed by atoms with Crippen LogP contribution in [0.1, 0.15) is 64.2 Å². The molecule has 0 aromatic rings. The molecule has 3 saturated carbocycles. The molecule has 0 aromatic heterocycles. The maximum atomic E-state index is 12.8. The lowest BCUT2D eigenvalue weighted by Gasteiger charge is -2.45. The lowest BCUT2D eigenvalue weighted by atomic mass is 9.65. The predicted octanol–water partition coefficient (Wildman–Crippen LogP) is 2.94. The van der Waals surface area contributed by atoms with E-state index in [1.54, 1.807) is 0 Å². The molecular weight excluding hydrogens is 322 g/mol. The Morgan fingerprint density at radius 1 is 1.08 bits per heavy atom. The summed E-state index contributed by atoms with van der Waals surface area (Å²) in [5.41, 5.74) is 6.54. The number of nitrogens with zero attached hydrogens (tertiary/aromatic N) is 1. The van der Waals surface area contributed by atoms with Gasteiger partial charge in [-0.05, 0) is 64.5 Å². The fraction of sp³-hybridized carbons (Fsp3) is 0.947. The second kappa shape index (κ2) is 8.37. The molecule has 24 heavy (non-hydrogen) atoms. The van der Waals surface area contributed by atoms with E-state index in [9.17, 15) is 4.79 Å². The first-order valence-electron chi connectivity index (χ1n) is 9.72. The third kappa shape index (κ3) is 4.08. The number of halogens is 1. The SMILES string of the molecule is CN(C)C1(CNC(=O)C2CC3CCCC(C2)C3N)CCCCC1.Cl. The van der Waals surface area contributed by atoms with Crippen molar-refractivity contribution in [3.8, 4) is 0 Å². The van der Waals surface area contributed by atoms with Crippen molar-refractivity contribution in [2.75, 3.05) is 20.6 Å². The zero-order chi connectivity index (χ0) is 16.4. The molecule has 140 valence electrons. The Labute approximate surface area is 153 Å². The van der Waals surface area contributed by atoms with Gasteiger partial charge < -0.3 is 16.0 Å². The number of hydrogen-bond donors (Lipinski definition) is 2. The molecule has 2 bridgehead atoms. The minimum absolute atomic E-state index is 0. The molecule has 0 spiro atoms. The molecular formula is C19H36ClN3O. The molecule has 0 aromatic carbocycles. The van der Waals surface area contributed by atoms with Crippen LogP contribution in [0.15, 0.2) is 0 Å². The molecule has 5 heteroatoms. The van der Waals surface area contributed by atoms with Gasteiger partial charge in [0, 0.05) is 24.0 Å². The Morgan fingerprint density at radius 2 is 1.67 bits per heavy atom. The first-order chi connectivity index (χ1) is 11.0. The van der Waals surface area contributed by atoms with Crippen LogP contribution in [0.5, 0.6) is 0 Å². The summed E-state index contributed by atoms with van der Waals surface area (Å²) in [6, 6.07) is 0.347. The summed E-state index contributed by atoms with van der Waals surface area (Å²) in [5.74, 6) is 1.65. The van der Waals surface area contributed by atoms with E-state index in [4.69, 9.17) is 5.73 Å². The summed E-state index contributed by atoms with van der Waals surface area (Å²) < 4.78 is 0. The van der Waals surface area contributed by atoms with Crippen molar-refractivity contribution in [1.82, 2.24) is 10.2 Å². The molecule has 3 fully saturated rings. The maximum Gasteiger partial charge on any atom is 0.223 e. The number of carbonyl (C=O) groups excluding carboxylic acids is 1. The summed E-state index contributed by atoms with van der Waals surface area (Å²) in [6.45, 7) is 0.816. The van der Waals surface area contributed by atoms with Crippen LogP contribution in [0.3, 0.4) is 0 Å². The van der Waals surface area contributed by atoms with Crippen LogP contribution in [0.25, 0.3) is 0 Å². The number of amides is 1. The highest BCUT2D eigenvalue weighted by atomic mass is 35.5. The van der Waals surface area contributed by atoms with Gasteiger partial charge in [-0.2, -0.15) is 0 Å². The van der Waals surface area contributed by atoms with Crippen LogP contribution in [0.4, 0.5) is 0 Å². The quantitative estimate of drug-likeness (QED) is 0.813. The minimum atomic E-state index is 0. The van der Waals surface area contributed by atoms with Crippen molar-refractivity contribution in [1.29, 1.82) is 0 Å². The number of nitrogens with one attached hydrogen (secondary N) is 1. The number of hydrogen-bond acceptors (Lipinski definition) is 3. The van der Waals surface area contributed by atoms with Crippen LogP contribution in [-0.2, 0) is 4.79 Å². The van der Waals surface area contributed by atoms with E-state index in [0.717, 1.165) is 19.4 Å². The Balaban J connectivity index is 0.00000208. The summed E-state index contributed by atoms with van der Waals surface area (Å²) in [6.07, 6.45) is 12.1. The number of carbonyl (C=O) groups is 1. The van der Waals surface area contributed by atoms with E-state index < -0.39 is 0 Å². The van der Waals surface area contributed by atoms with Gasteiger partial charge in [-0.15, -0.1) is 12.4 Å². The molecule has 2 unspecified atom stereocenters. The number of rotatable bonds is 4. The molecule has 3 aliphatic rings. The standard InChI is InChI=1S/C19H35N3O.ClH/c1-22(2)19(9-4-3-5-10-19)13-21-18(23)16-11-14-7-6-8-15(12-16)17(14)20;/h14-17H,3-13,20H2,1-2H3,(H,21,23);1H. The number of nitrogens with two attached hydrogens (primary N) is 1. The fourth-order valence-electron chi connectivity index (χ4n) is 5.39. The van der Waals surface area contributed by atoms with Crippen LogP contribution < -0.4 is 11.1 Å². The molecule has 0 aliphatic heterocycles. The van der Waals surface area contributed by atoms with Crippen LogP contribution >= 0.6 is 12.4 Å². The molecule has 0 heterocycles. The van der Waals surface area contributed by atoms with Crippen molar-refractivity contribution in [3.63, 3.8) is 0 Å². The maximum absolute atomic E-state index is 12.8. The van der Waals surface area contributed by atoms with Crippen molar-refractivity contribution < 1.29 is 4.79 Å². The summed E-state index contributed by atoms with van der Waals surface area (Å²) in [5, 5.41) is 3.33. The lowest BCUT2D eigenvalue weighted by molar-refractivity contribution is -0.128. The molecule has 3 rings (SSSR count). The monoisotopic (exact) mass is 357 g/mol. The van der Waals surface area contributed by atoms with Crippen molar-refractivity contribution >= 4 is 18.3 Å². The zero-order valence-electron chi connectivity index (χ0n) is 15.4. The highest BCUT2D eigenvalue weighted by Gasteiger charge is 2.41. The minimum Gasteiger partial charge on any atom is -0.354 e. The summed E-state index contributed by atoms with van der Waals surface area (Å²) in [7, 11) is 4.34. The summed E-state index contributed by atoms with van der Waals surface area (Å²) >= 11 is 0. The highest BCUT2D eigenvalue weighted by molar-refractivity contribution is 5.85. The van der Waals surface area contributed by atoms with Crippen LogP contribution in [-0.4, -0.2) is 43.0 Å². The van der Waals surface area contributed by atoms with Gasteiger partial charge in [0.2, 0.25) is 5.91 Å². The lowest BCUT2D eigenvalue weighted by Crippen LogP contribution is -2.55. The highest BCUT2D eigenvalue weighted by Crippen LogP contribution is 2.42. The second-order valence-electron chi connectivity index (χ2n) is 8.59. The Kier molecular flexibility index (Phi) is 6.98. The largest absolute Gasteiger partial charge is 0.354 e. The van der Waals surface area contributed by atoms with Gasteiger partial charge in [-0.3, -0.25) is 4.79 Å². The molecule has 3 N–H and O–H groups in total. The zero-order valence-corrected chi connectivity index (χ0v) is 16.2. The molecule has 3 aliphatic carbocycles. The molecule has 2 atom stereocenters. The average Bonchev–Trinajstić information content (AvgIpc) is 2.53. The van der Waals surface area contributed by atoms with Crippen molar-refractivity contribution in [3.05, 3.63) is 0 Å². The molecule has 4 nitrogen and oxygen atoms in total. The third-order valence-corrected chi connectivity index (χ3v) is 7.11. The normalized spacial score (nSPS) is 35.2. The fourth-order valence-corrected chi connectivity index (χ4v) is 5.39. The van der Waals surface area contributed by atoms with Gasteiger partial charge in [0.1, 0.15) is 0 Å².